The Morgan fingerprint density at radius 2 is 1.79 bits per heavy atom. The average Bonchev–Trinajstić information content (AvgIpc) is 1.77. The summed E-state index contributed by atoms with van der Waals surface area (Å²) in [7, 11) is 0. The summed E-state index contributed by atoms with van der Waals surface area (Å²) in [5.74, 6) is -0.727. The number of amides is 1. The molecule has 4 nitrogen and oxygen atoms in total. The molecule has 0 saturated heterocycles. The van der Waals surface area contributed by atoms with Gasteiger partial charge in [0.1, 0.15) is 5.60 Å². The molecule has 2 N–H and O–H groups in total. The Balaban J connectivity index is 3.89. The van der Waals surface area contributed by atoms with E-state index < -0.39 is 5.60 Å². The zero-order valence-corrected chi connectivity index (χ0v) is 9.29. The number of carbonyl (C=O) groups excluding carboxylic acids is 2. The van der Waals surface area contributed by atoms with Gasteiger partial charge in [-0.05, 0) is 26.7 Å². The van der Waals surface area contributed by atoms with Crippen molar-refractivity contribution >= 4 is 11.9 Å². The Labute approximate surface area is 84.8 Å². The van der Waals surface area contributed by atoms with E-state index in [1.165, 1.54) is 0 Å². The number of rotatable bonds is 4. The van der Waals surface area contributed by atoms with Crippen LogP contribution in [0, 0.1) is 5.92 Å². The van der Waals surface area contributed by atoms with Crippen LogP contribution in [0.25, 0.3) is 0 Å². The van der Waals surface area contributed by atoms with Gasteiger partial charge in [-0.15, -0.1) is 0 Å². The Morgan fingerprint density at radius 3 is 2.14 bits per heavy atom. The molecule has 0 aliphatic rings. The largest absolute Gasteiger partial charge is 0.460 e. The van der Waals surface area contributed by atoms with E-state index in [1.54, 1.807) is 6.92 Å². The van der Waals surface area contributed by atoms with Gasteiger partial charge in [0, 0.05) is 12.8 Å². The lowest BCUT2D eigenvalue weighted by Crippen LogP contribution is -2.25. The van der Waals surface area contributed by atoms with Crippen LogP contribution in [0.3, 0.4) is 0 Å². The summed E-state index contributed by atoms with van der Waals surface area (Å²) in [5, 5.41) is 0. The van der Waals surface area contributed by atoms with Gasteiger partial charge < -0.3 is 10.5 Å². The number of nitrogens with two attached hydrogens (primary N) is 1. The molecule has 82 valence electrons. The first kappa shape index (κ1) is 12.9. The van der Waals surface area contributed by atoms with Gasteiger partial charge in [-0.1, -0.05) is 6.92 Å². The fraction of sp³-hybridized carbons (Fsp3) is 0.800. The SMILES string of the molecule is C[C@H](CC(N)=O)CC(=O)OC(C)(C)C. The molecule has 14 heavy (non-hydrogen) atoms. The van der Waals surface area contributed by atoms with Crippen molar-refractivity contribution in [3.8, 4) is 0 Å². The summed E-state index contributed by atoms with van der Waals surface area (Å²) >= 11 is 0. The summed E-state index contributed by atoms with van der Waals surface area (Å²) < 4.78 is 5.10. The van der Waals surface area contributed by atoms with E-state index in [4.69, 9.17) is 10.5 Å². The van der Waals surface area contributed by atoms with E-state index in [2.05, 4.69) is 0 Å². The Bertz CT molecular complexity index is 218. The Hall–Kier alpha value is -1.06. The maximum absolute atomic E-state index is 11.3. The van der Waals surface area contributed by atoms with Crippen molar-refractivity contribution < 1.29 is 14.3 Å². The monoisotopic (exact) mass is 201 g/mol. The van der Waals surface area contributed by atoms with Crippen LogP contribution in [0.4, 0.5) is 0 Å². The first-order chi connectivity index (χ1) is 6.20. The third kappa shape index (κ3) is 7.58. The predicted molar refractivity (Wildman–Crippen MR) is 53.4 cm³/mol. The normalized spacial score (nSPS) is 13.4. The number of hydrogen-bond acceptors (Lipinski definition) is 3. The van der Waals surface area contributed by atoms with Gasteiger partial charge in [-0.3, -0.25) is 9.59 Å². The maximum Gasteiger partial charge on any atom is 0.306 e. The van der Waals surface area contributed by atoms with Gasteiger partial charge in [-0.2, -0.15) is 0 Å². The zero-order valence-electron chi connectivity index (χ0n) is 9.29. The molecule has 0 unspecified atom stereocenters. The second-order valence-corrected chi connectivity index (χ2v) is 4.57. The molecular weight excluding hydrogens is 182 g/mol. The van der Waals surface area contributed by atoms with Gasteiger partial charge in [0.25, 0.3) is 0 Å². The third-order valence-electron chi connectivity index (χ3n) is 1.48. The van der Waals surface area contributed by atoms with Gasteiger partial charge in [0.2, 0.25) is 5.91 Å². The fourth-order valence-corrected chi connectivity index (χ4v) is 1.08. The highest BCUT2D eigenvalue weighted by atomic mass is 16.6. The van der Waals surface area contributed by atoms with Crippen LogP contribution in [0.2, 0.25) is 0 Å². The Morgan fingerprint density at radius 1 is 1.29 bits per heavy atom. The van der Waals surface area contributed by atoms with Crippen LogP contribution >= 0.6 is 0 Å². The van der Waals surface area contributed by atoms with E-state index in [1.807, 2.05) is 20.8 Å². The molecule has 0 radical (unpaired) electrons. The lowest BCUT2D eigenvalue weighted by molar-refractivity contribution is -0.155. The first-order valence-corrected chi connectivity index (χ1v) is 4.71. The molecule has 0 saturated carbocycles. The van der Waals surface area contributed by atoms with Crippen molar-refractivity contribution in [1.29, 1.82) is 0 Å². The molecule has 0 rings (SSSR count). The second-order valence-electron chi connectivity index (χ2n) is 4.57. The Kier molecular flexibility index (Phi) is 4.60. The minimum absolute atomic E-state index is 0.0534. The number of carbonyl (C=O) groups is 2. The molecule has 0 aromatic heterocycles. The van der Waals surface area contributed by atoms with Gasteiger partial charge in [0.05, 0.1) is 0 Å². The van der Waals surface area contributed by atoms with Crippen LogP contribution in [0.1, 0.15) is 40.5 Å². The zero-order chi connectivity index (χ0) is 11.4. The van der Waals surface area contributed by atoms with E-state index in [-0.39, 0.29) is 30.6 Å². The molecule has 0 aromatic carbocycles. The number of primary amides is 1. The molecule has 0 bridgehead atoms. The van der Waals surface area contributed by atoms with Crippen LogP contribution in [0.15, 0.2) is 0 Å². The van der Waals surface area contributed by atoms with Crippen molar-refractivity contribution in [2.24, 2.45) is 11.7 Å². The number of ether oxygens (including phenoxy) is 1. The molecule has 0 aliphatic carbocycles. The van der Waals surface area contributed by atoms with Crippen LogP contribution in [-0.2, 0) is 14.3 Å². The van der Waals surface area contributed by atoms with Gasteiger partial charge in [0.15, 0.2) is 0 Å². The minimum Gasteiger partial charge on any atom is -0.460 e. The van der Waals surface area contributed by atoms with Crippen molar-refractivity contribution in [3.05, 3.63) is 0 Å². The second kappa shape index (κ2) is 4.98. The summed E-state index contributed by atoms with van der Waals surface area (Å²) in [5.41, 5.74) is 4.54. The highest BCUT2D eigenvalue weighted by Gasteiger charge is 2.18. The standard InChI is InChI=1S/C10H19NO3/c1-7(5-8(11)12)6-9(13)14-10(2,3)4/h7H,5-6H2,1-4H3,(H2,11,12)/t7-/m1/s1. The molecular formula is C10H19NO3. The highest BCUT2D eigenvalue weighted by molar-refractivity contribution is 5.75. The van der Waals surface area contributed by atoms with Crippen molar-refractivity contribution in [3.63, 3.8) is 0 Å². The molecule has 0 spiro atoms. The fourth-order valence-electron chi connectivity index (χ4n) is 1.08. The van der Waals surface area contributed by atoms with E-state index in [0.717, 1.165) is 0 Å². The minimum atomic E-state index is -0.469. The van der Waals surface area contributed by atoms with Crippen LogP contribution in [-0.4, -0.2) is 17.5 Å². The van der Waals surface area contributed by atoms with Gasteiger partial charge >= 0.3 is 5.97 Å². The molecule has 0 fully saturated rings. The number of esters is 1. The smallest absolute Gasteiger partial charge is 0.306 e. The molecule has 0 heterocycles. The summed E-state index contributed by atoms with van der Waals surface area (Å²) in [4.78, 5) is 21.8. The van der Waals surface area contributed by atoms with E-state index in [9.17, 15) is 9.59 Å². The lowest BCUT2D eigenvalue weighted by atomic mass is 10.0. The topological polar surface area (TPSA) is 69.4 Å². The number of hydrogen-bond donors (Lipinski definition) is 1. The van der Waals surface area contributed by atoms with Crippen LogP contribution < -0.4 is 5.73 Å². The summed E-state index contributed by atoms with van der Waals surface area (Å²) in [6.07, 6.45) is 0.458. The first-order valence-electron chi connectivity index (χ1n) is 4.71. The van der Waals surface area contributed by atoms with Crippen molar-refractivity contribution in [1.82, 2.24) is 0 Å². The predicted octanol–water partition coefficient (Wildman–Crippen LogP) is 1.23. The van der Waals surface area contributed by atoms with Crippen molar-refractivity contribution in [2.45, 2.75) is 46.1 Å². The lowest BCUT2D eigenvalue weighted by Gasteiger charge is -2.20. The summed E-state index contributed by atoms with van der Waals surface area (Å²) in [6.45, 7) is 7.23. The van der Waals surface area contributed by atoms with E-state index in [0.29, 0.717) is 0 Å². The molecule has 4 heteroatoms. The van der Waals surface area contributed by atoms with E-state index >= 15 is 0 Å². The van der Waals surface area contributed by atoms with Gasteiger partial charge in [-0.25, -0.2) is 0 Å². The molecule has 0 aliphatic heterocycles. The van der Waals surface area contributed by atoms with Crippen LogP contribution in [0.5, 0.6) is 0 Å². The molecule has 1 atom stereocenters. The quantitative estimate of drug-likeness (QED) is 0.695. The molecule has 0 aromatic rings. The highest BCUT2D eigenvalue weighted by Crippen LogP contribution is 2.13. The summed E-state index contributed by atoms with van der Waals surface area (Å²) in [6, 6.07) is 0. The third-order valence-corrected chi connectivity index (χ3v) is 1.48. The molecule has 1 amide bonds. The maximum atomic E-state index is 11.3. The average molecular weight is 201 g/mol. The van der Waals surface area contributed by atoms with Crippen molar-refractivity contribution in [2.75, 3.05) is 0 Å².